The number of carbonyl (C=O) groups is 1. The normalized spacial score (nSPS) is 16.3. The van der Waals surface area contributed by atoms with Gasteiger partial charge in [0.1, 0.15) is 6.10 Å². The number of aliphatic carboxylic acids is 1. The lowest BCUT2D eigenvalue weighted by Gasteiger charge is -2.20. The SMILES string of the molecule is C[CH]COCC(COCC(C)O)OCC(C)C=C(C)C(=O)O. The third-order valence-corrected chi connectivity index (χ3v) is 2.72. The van der Waals surface area contributed by atoms with Crippen molar-refractivity contribution in [3.8, 4) is 0 Å². The number of carboxylic acid groups (broad SMARTS) is 1. The van der Waals surface area contributed by atoms with Crippen LogP contribution in [0.1, 0.15) is 27.7 Å². The molecule has 0 heterocycles. The van der Waals surface area contributed by atoms with Gasteiger partial charge in [0.25, 0.3) is 0 Å². The van der Waals surface area contributed by atoms with Gasteiger partial charge in [0, 0.05) is 12.2 Å². The molecule has 0 rings (SSSR count). The van der Waals surface area contributed by atoms with E-state index in [-0.39, 0.29) is 18.6 Å². The van der Waals surface area contributed by atoms with Gasteiger partial charge in [-0.2, -0.15) is 0 Å². The van der Waals surface area contributed by atoms with Crippen LogP contribution >= 0.6 is 0 Å². The lowest BCUT2D eigenvalue weighted by atomic mass is 10.1. The Bertz CT molecular complexity index is 327. The van der Waals surface area contributed by atoms with Crippen molar-refractivity contribution in [3.63, 3.8) is 0 Å². The smallest absolute Gasteiger partial charge is 0.330 e. The molecule has 0 aliphatic rings. The maximum Gasteiger partial charge on any atom is 0.330 e. The highest BCUT2D eigenvalue weighted by atomic mass is 16.6. The van der Waals surface area contributed by atoms with Crippen LogP contribution in [0.15, 0.2) is 11.6 Å². The van der Waals surface area contributed by atoms with Gasteiger partial charge in [-0.1, -0.05) is 19.9 Å². The predicted molar refractivity (Wildman–Crippen MR) is 83.6 cm³/mol. The van der Waals surface area contributed by atoms with Gasteiger partial charge >= 0.3 is 5.97 Å². The molecule has 0 aromatic heterocycles. The van der Waals surface area contributed by atoms with Gasteiger partial charge in [0.05, 0.1) is 32.5 Å². The Morgan fingerprint density at radius 1 is 1.14 bits per heavy atom. The number of hydrogen-bond acceptors (Lipinski definition) is 5. The first-order valence-electron chi connectivity index (χ1n) is 7.51. The quantitative estimate of drug-likeness (QED) is 0.397. The van der Waals surface area contributed by atoms with Crippen LogP contribution in [-0.4, -0.2) is 61.4 Å². The molecular formula is C16H29O6. The molecule has 0 aromatic carbocycles. The second kappa shape index (κ2) is 12.6. The minimum absolute atomic E-state index is 0.0203. The van der Waals surface area contributed by atoms with E-state index in [0.717, 1.165) is 0 Å². The van der Waals surface area contributed by atoms with Gasteiger partial charge in [0.15, 0.2) is 0 Å². The van der Waals surface area contributed by atoms with E-state index in [9.17, 15) is 9.90 Å². The van der Waals surface area contributed by atoms with E-state index in [2.05, 4.69) is 0 Å². The fourth-order valence-electron chi connectivity index (χ4n) is 1.67. The summed E-state index contributed by atoms with van der Waals surface area (Å²) in [5.74, 6) is -0.946. The summed E-state index contributed by atoms with van der Waals surface area (Å²) in [6.07, 6.45) is 2.79. The summed E-state index contributed by atoms with van der Waals surface area (Å²) < 4.78 is 16.5. The first kappa shape index (κ1) is 21.0. The monoisotopic (exact) mass is 317 g/mol. The third-order valence-electron chi connectivity index (χ3n) is 2.72. The van der Waals surface area contributed by atoms with Crippen LogP contribution < -0.4 is 0 Å². The summed E-state index contributed by atoms with van der Waals surface area (Å²) in [5, 5.41) is 18.0. The number of ether oxygens (including phenoxy) is 3. The molecule has 3 unspecified atom stereocenters. The molecule has 0 bridgehead atoms. The molecule has 0 fully saturated rings. The van der Waals surface area contributed by atoms with Crippen molar-refractivity contribution in [2.24, 2.45) is 5.92 Å². The summed E-state index contributed by atoms with van der Waals surface area (Å²) >= 11 is 0. The van der Waals surface area contributed by atoms with E-state index in [1.165, 1.54) is 0 Å². The predicted octanol–water partition coefficient (Wildman–Crippen LogP) is 1.68. The first-order valence-corrected chi connectivity index (χ1v) is 7.51. The molecule has 6 heteroatoms. The Labute approximate surface area is 133 Å². The van der Waals surface area contributed by atoms with E-state index in [4.69, 9.17) is 19.3 Å². The molecule has 3 atom stereocenters. The fraction of sp³-hybridized carbons (Fsp3) is 0.750. The number of hydrogen-bond donors (Lipinski definition) is 2. The molecule has 0 aliphatic heterocycles. The van der Waals surface area contributed by atoms with Gasteiger partial charge in [-0.05, 0) is 26.2 Å². The average molecular weight is 317 g/mol. The largest absolute Gasteiger partial charge is 0.478 e. The highest BCUT2D eigenvalue weighted by Crippen LogP contribution is 2.07. The van der Waals surface area contributed by atoms with Crippen LogP contribution in [0.3, 0.4) is 0 Å². The number of rotatable bonds is 13. The molecule has 129 valence electrons. The summed E-state index contributed by atoms with van der Waals surface area (Å²) in [7, 11) is 0. The lowest BCUT2D eigenvalue weighted by Crippen LogP contribution is -2.29. The van der Waals surface area contributed by atoms with E-state index in [1.54, 1.807) is 19.9 Å². The fourth-order valence-corrected chi connectivity index (χ4v) is 1.67. The zero-order chi connectivity index (χ0) is 17.0. The van der Waals surface area contributed by atoms with Crippen molar-refractivity contribution >= 4 is 5.97 Å². The maximum absolute atomic E-state index is 10.8. The summed E-state index contributed by atoms with van der Waals surface area (Å²) in [4.78, 5) is 10.8. The molecule has 0 aliphatic carbocycles. The van der Waals surface area contributed by atoms with Gasteiger partial charge in [-0.25, -0.2) is 4.79 Å². The van der Waals surface area contributed by atoms with Gasteiger partial charge in [-0.15, -0.1) is 0 Å². The van der Waals surface area contributed by atoms with Crippen LogP contribution in [0, 0.1) is 12.3 Å². The Kier molecular flexibility index (Phi) is 12.0. The molecule has 0 saturated carbocycles. The van der Waals surface area contributed by atoms with Gasteiger partial charge < -0.3 is 24.4 Å². The molecule has 1 radical (unpaired) electrons. The van der Waals surface area contributed by atoms with E-state index in [1.807, 2.05) is 20.3 Å². The topological polar surface area (TPSA) is 85.2 Å². The summed E-state index contributed by atoms with van der Waals surface area (Å²) in [5.41, 5.74) is 0.301. The molecule has 0 amide bonds. The third kappa shape index (κ3) is 11.7. The Morgan fingerprint density at radius 3 is 2.32 bits per heavy atom. The Morgan fingerprint density at radius 2 is 1.77 bits per heavy atom. The maximum atomic E-state index is 10.8. The van der Waals surface area contributed by atoms with E-state index in [0.29, 0.717) is 32.0 Å². The molecule has 22 heavy (non-hydrogen) atoms. The van der Waals surface area contributed by atoms with Crippen molar-refractivity contribution < 1.29 is 29.2 Å². The molecule has 2 N–H and O–H groups in total. The van der Waals surface area contributed by atoms with Crippen molar-refractivity contribution in [2.75, 3.05) is 33.0 Å². The van der Waals surface area contributed by atoms with Crippen LogP contribution in [0.4, 0.5) is 0 Å². The lowest BCUT2D eigenvalue weighted by molar-refractivity contribution is -0.132. The van der Waals surface area contributed by atoms with Crippen molar-refractivity contribution in [2.45, 2.75) is 39.9 Å². The van der Waals surface area contributed by atoms with Crippen LogP contribution in [0.2, 0.25) is 0 Å². The van der Waals surface area contributed by atoms with E-state index >= 15 is 0 Å². The van der Waals surface area contributed by atoms with E-state index < -0.39 is 12.1 Å². The molecule has 0 saturated heterocycles. The average Bonchev–Trinajstić information content (AvgIpc) is 2.43. The van der Waals surface area contributed by atoms with Crippen molar-refractivity contribution in [3.05, 3.63) is 18.1 Å². The summed E-state index contributed by atoms with van der Waals surface area (Å²) in [6.45, 7) is 8.87. The minimum Gasteiger partial charge on any atom is -0.478 e. The number of carboxylic acids is 1. The highest BCUT2D eigenvalue weighted by Gasteiger charge is 2.13. The van der Waals surface area contributed by atoms with Crippen LogP contribution in [0.25, 0.3) is 0 Å². The molecule has 0 aromatic rings. The Hall–Kier alpha value is -0.950. The first-order chi connectivity index (χ1) is 10.4. The molecule has 6 nitrogen and oxygen atoms in total. The zero-order valence-corrected chi connectivity index (χ0v) is 13.9. The standard InChI is InChI=1S/C16H29O6/c1-5-6-20-10-15(11-21-9-14(4)17)22-8-12(2)7-13(3)16(18)19/h5,7,12,14-15,17H,6,8-11H2,1-4H3,(H,18,19). The van der Waals surface area contributed by atoms with Gasteiger partial charge in [0.2, 0.25) is 0 Å². The minimum atomic E-state index is -0.925. The highest BCUT2D eigenvalue weighted by molar-refractivity contribution is 5.85. The molecule has 0 spiro atoms. The zero-order valence-electron chi connectivity index (χ0n) is 13.9. The second-order valence-corrected chi connectivity index (χ2v) is 5.42. The number of aliphatic hydroxyl groups excluding tert-OH is 1. The second-order valence-electron chi connectivity index (χ2n) is 5.42. The van der Waals surface area contributed by atoms with Crippen molar-refractivity contribution in [1.29, 1.82) is 0 Å². The summed E-state index contributed by atoms with van der Waals surface area (Å²) in [6, 6.07) is 0. The van der Waals surface area contributed by atoms with Crippen molar-refractivity contribution in [1.82, 2.24) is 0 Å². The molecular weight excluding hydrogens is 288 g/mol. The van der Waals surface area contributed by atoms with Crippen LogP contribution in [-0.2, 0) is 19.0 Å². The number of aliphatic hydroxyl groups is 1. The van der Waals surface area contributed by atoms with Crippen LogP contribution in [0.5, 0.6) is 0 Å². The Balaban J connectivity index is 4.24. The van der Waals surface area contributed by atoms with Gasteiger partial charge in [-0.3, -0.25) is 0 Å².